The summed E-state index contributed by atoms with van der Waals surface area (Å²) >= 11 is 0. The highest BCUT2D eigenvalue weighted by Gasteiger charge is 2.36. The van der Waals surface area contributed by atoms with Crippen LogP contribution in [-0.2, 0) is 13.6 Å². The van der Waals surface area contributed by atoms with Crippen molar-refractivity contribution in [2.45, 2.75) is 67.6 Å². The minimum Gasteiger partial charge on any atom is -0.115 e. The summed E-state index contributed by atoms with van der Waals surface area (Å²) in [5.41, 5.74) is 0. The maximum atomic E-state index is 12.0. The number of hydrogen-bond donors (Lipinski definition) is 0. The first-order valence-electron chi connectivity index (χ1n) is 6.97. The molecule has 0 aromatic heterocycles. The second kappa shape index (κ2) is 8.24. The Balaban J connectivity index is 4.48. The zero-order chi connectivity index (χ0) is 14.5. The normalized spacial score (nSPS) is 12.8. The lowest BCUT2D eigenvalue weighted by molar-refractivity contribution is 0.0487. The Hall–Kier alpha value is 0.0200. The maximum Gasteiger partial charge on any atom is 0.697 e. The van der Waals surface area contributed by atoms with E-state index in [1.54, 1.807) is 0 Å². The van der Waals surface area contributed by atoms with E-state index in [1.165, 1.54) is 0 Å². The van der Waals surface area contributed by atoms with Crippen LogP contribution in [0.15, 0.2) is 0 Å². The molecule has 0 heterocycles. The van der Waals surface area contributed by atoms with Gasteiger partial charge in [0.05, 0.1) is 0 Å². The van der Waals surface area contributed by atoms with Crippen molar-refractivity contribution < 1.29 is 13.6 Å². The van der Waals surface area contributed by atoms with Gasteiger partial charge in [0.25, 0.3) is 0 Å². The predicted molar refractivity (Wildman–Crippen MR) is 76.7 cm³/mol. The average molecular weight is 277 g/mol. The lowest BCUT2D eigenvalue weighted by atomic mass is 9.97. The van der Waals surface area contributed by atoms with E-state index in [9.17, 15) is 4.57 Å². The molecule has 0 aromatic rings. The molecule has 18 heavy (non-hydrogen) atoms. The minimum atomic E-state index is -2.04. The maximum absolute atomic E-state index is 12.0. The SMILES string of the molecule is CC(C)C(O[P+](=O)OC(C(C)C)C(C)C)C(C)C. The smallest absolute Gasteiger partial charge is 0.115 e. The zero-order valence-electron chi connectivity index (χ0n) is 13.1. The summed E-state index contributed by atoms with van der Waals surface area (Å²) in [4.78, 5) is 0. The van der Waals surface area contributed by atoms with E-state index in [2.05, 4.69) is 55.4 Å². The third kappa shape index (κ3) is 6.26. The Kier molecular flexibility index (Phi) is 8.25. The van der Waals surface area contributed by atoms with Crippen LogP contribution in [0.3, 0.4) is 0 Å². The molecule has 0 aliphatic heterocycles. The molecule has 0 rings (SSSR count). The third-order valence-corrected chi connectivity index (χ3v) is 3.87. The summed E-state index contributed by atoms with van der Waals surface area (Å²) in [6, 6.07) is 0. The van der Waals surface area contributed by atoms with Crippen molar-refractivity contribution in [2.24, 2.45) is 23.7 Å². The van der Waals surface area contributed by atoms with E-state index in [0.717, 1.165) is 0 Å². The Morgan fingerprint density at radius 3 is 1.00 bits per heavy atom. The van der Waals surface area contributed by atoms with Gasteiger partial charge in [-0.3, -0.25) is 0 Å². The van der Waals surface area contributed by atoms with Crippen LogP contribution >= 0.6 is 8.25 Å². The summed E-state index contributed by atoms with van der Waals surface area (Å²) in [5, 5.41) is 0. The zero-order valence-corrected chi connectivity index (χ0v) is 14.0. The van der Waals surface area contributed by atoms with Crippen LogP contribution < -0.4 is 0 Å². The van der Waals surface area contributed by atoms with E-state index in [4.69, 9.17) is 9.05 Å². The minimum absolute atomic E-state index is 0.0198. The van der Waals surface area contributed by atoms with Gasteiger partial charge in [0, 0.05) is 4.57 Å². The van der Waals surface area contributed by atoms with Gasteiger partial charge in [-0.1, -0.05) is 55.4 Å². The van der Waals surface area contributed by atoms with Crippen LogP contribution in [-0.4, -0.2) is 12.2 Å². The third-order valence-electron chi connectivity index (χ3n) is 3.04. The van der Waals surface area contributed by atoms with Gasteiger partial charge in [0.2, 0.25) is 0 Å². The standard InChI is InChI=1S/C14H30O3P/c1-9(2)13(10(3)4)16-18(15)17-14(11(5)6)12(7)8/h9-14H,1-8H3/q+1. The molecular weight excluding hydrogens is 247 g/mol. The van der Waals surface area contributed by atoms with Gasteiger partial charge >= 0.3 is 8.25 Å². The van der Waals surface area contributed by atoms with Gasteiger partial charge in [-0.2, -0.15) is 0 Å². The van der Waals surface area contributed by atoms with Crippen molar-refractivity contribution in [3.05, 3.63) is 0 Å². The second-order valence-corrected chi connectivity index (χ2v) is 7.21. The van der Waals surface area contributed by atoms with E-state index in [-0.39, 0.29) is 12.2 Å². The summed E-state index contributed by atoms with van der Waals surface area (Å²) < 4.78 is 23.2. The van der Waals surface area contributed by atoms with E-state index in [1.807, 2.05) is 0 Å². The molecule has 0 unspecified atom stereocenters. The molecule has 0 aliphatic carbocycles. The van der Waals surface area contributed by atoms with E-state index >= 15 is 0 Å². The molecule has 0 bridgehead atoms. The highest BCUT2D eigenvalue weighted by atomic mass is 31.1. The summed E-state index contributed by atoms with van der Waals surface area (Å²) in [7, 11) is -2.04. The van der Waals surface area contributed by atoms with Crippen LogP contribution in [0.5, 0.6) is 0 Å². The van der Waals surface area contributed by atoms with Crippen LogP contribution in [0, 0.1) is 23.7 Å². The summed E-state index contributed by atoms with van der Waals surface area (Å²) in [5.74, 6) is 1.35. The fourth-order valence-electron chi connectivity index (χ4n) is 2.25. The molecule has 0 radical (unpaired) electrons. The Morgan fingerprint density at radius 2 is 0.833 bits per heavy atom. The van der Waals surface area contributed by atoms with Crippen molar-refractivity contribution in [1.29, 1.82) is 0 Å². The predicted octanol–water partition coefficient (Wildman–Crippen LogP) is 5.04. The number of hydrogen-bond acceptors (Lipinski definition) is 3. The van der Waals surface area contributed by atoms with Gasteiger partial charge in [-0.15, -0.1) is 9.05 Å². The molecule has 108 valence electrons. The highest BCUT2D eigenvalue weighted by Crippen LogP contribution is 2.36. The molecule has 4 heteroatoms. The summed E-state index contributed by atoms with van der Waals surface area (Å²) in [6.07, 6.45) is -0.0397. The molecule has 0 N–H and O–H groups in total. The van der Waals surface area contributed by atoms with Crippen LogP contribution in [0.4, 0.5) is 0 Å². The fourth-order valence-corrected chi connectivity index (χ4v) is 3.67. The molecule has 0 amide bonds. The highest BCUT2D eigenvalue weighted by molar-refractivity contribution is 7.33. The quantitative estimate of drug-likeness (QED) is 0.583. The molecule has 0 aromatic carbocycles. The van der Waals surface area contributed by atoms with Crippen molar-refractivity contribution in [2.75, 3.05) is 0 Å². The topological polar surface area (TPSA) is 35.5 Å². The molecule has 0 saturated carbocycles. The monoisotopic (exact) mass is 277 g/mol. The number of rotatable bonds is 8. The van der Waals surface area contributed by atoms with Gasteiger partial charge in [0.1, 0.15) is 12.2 Å². The molecule has 3 nitrogen and oxygen atoms in total. The van der Waals surface area contributed by atoms with Crippen molar-refractivity contribution in [1.82, 2.24) is 0 Å². The molecule has 0 fully saturated rings. The lowest BCUT2D eigenvalue weighted by Gasteiger charge is -2.21. The largest absolute Gasteiger partial charge is 0.697 e. The average Bonchev–Trinajstić information content (AvgIpc) is 2.20. The second-order valence-electron chi connectivity index (χ2n) is 6.34. The molecular formula is C14H30O3P+. The van der Waals surface area contributed by atoms with Crippen LogP contribution in [0.25, 0.3) is 0 Å². The molecule has 0 atom stereocenters. The Morgan fingerprint density at radius 1 is 0.611 bits per heavy atom. The van der Waals surface area contributed by atoms with Gasteiger partial charge in [0.15, 0.2) is 0 Å². The molecule has 0 saturated heterocycles. The first-order valence-corrected chi connectivity index (χ1v) is 8.07. The van der Waals surface area contributed by atoms with Crippen LogP contribution in [0.2, 0.25) is 0 Å². The van der Waals surface area contributed by atoms with Gasteiger partial charge in [-0.25, -0.2) is 0 Å². The van der Waals surface area contributed by atoms with Crippen molar-refractivity contribution >= 4 is 8.25 Å². The van der Waals surface area contributed by atoms with Crippen molar-refractivity contribution in [3.63, 3.8) is 0 Å². The van der Waals surface area contributed by atoms with E-state index in [0.29, 0.717) is 23.7 Å². The molecule has 0 aliphatic rings. The van der Waals surface area contributed by atoms with Gasteiger partial charge < -0.3 is 0 Å². The Bertz CT molecular complexity index is 209. The first-order chi connectivity index (χ1) is 8.16. The first kappa shape index (κ1) is 18.0. The Labute approximate surface area is 114 Å². The summed E-state index contributed by atoms with van der Waals surface area (Å²) in [6.45, 7) is 16.6. The van der Waals surface area contributed by atoms with Crippen molar-refractivity contribution in [3.8, 4) is 0 Å². The van der Waals surface area contributed by atoms with Gasteiger partial charge in [-0.05, 0) is 23.7 Å². The van der Waals surface area contributed by atoms with Crippen LogP contribution in [0.1, 0.15) is 55.4 Å². The lowest BCUT2D eigenvalue weighted by Crippen LogP contribution is -2.26. The fraction of sp³-hybridized carbons (Fsp3) is 1.00. The van der Waals surface area contributed by atoms with E-state index < -0.39 is 8.25 Å². The molecule has 0 spiro atoms.